The average molecular weight is 308 g/mol. The van der Waals surface area contributed by atoms with E-state index in [1.54, 1.807) is 25.6 Å². The fourth-order valence-corrected chi connectivity index (χ4v) is 2.71. The molecule has 0 saturated carbocycles. The number of hydrogen-bond acceptors (Lipinski definition) is 5. The van der Waals surface area contributed by atoms with Crippen LogP contribution in [0.5, 0.6) is 5.75 Å². The molecule has 1 amide bonds. The molecule has 0 saturated heterocycles. The Labute approximate surface area is 133 Å². The van der Waals surface area contributed by atoms with Gasteiger partial charge >= 0.3 is 0 Å². The van der Waals surface area contributed by atoms with Crippen molar-refractivity contribution in [2.24, 2.45) is 5.73 Å². The molecule has 23 heavy (non-hydrogen) atoms. The normalized spacial score (nSPS) is 10.7. The van der Waals surface area contributed by atoms with Gasteiger partial charge in [-0.05, 0) is 30.2 Å². The Hall–Kier alpha value is -3.15. The predicted octanol–water partition coefficient (Wildman–Crippen LogP) is 2.29. The van der Waals surface area contributed by atoms with E-state index < -0.39 is 5.91 Å². The van der Waals surface area contributed by atoms with E-state index in [0.29, 0.717) is 22.3 Å². The lowest BCUT2D eigenvalue weighted by Crippen LogP contribution is -2.14. The molecule has 0 aliphatic carbocycles. The van der Waals surface area contributed by atoms with E-state index in [2.05, 4.69) is 9.97 Å². The molecule has 1 aromatic heterocycles. The van der Waals surface area contributed by atoms with Gasteiger partial charge in [-0.15, -0.1) is 0 Å². The number of methoxy groups -OCH3 is 1. The van der Waals surface area contributed by atoms with Crippen LogP contribution >= 0.6 is 0 Å². The van der Waals surface area contributed by atoms with Crippen LogP contribution in [-0.2, 0) is 0 Å². The lowest BCUT2D eigenvalue weighted by Gasteiger charge is -2.16. The van der Waals surface area contributed by atoms with Crippen molar-refractivity contribution in [2.75, 3.05) is 12.8 Å². The van der Waals surface area contributed by atoms with Gasteiger partial charge in [0.15, 0.2) is 0 Å². The van der Waals surface area contributed by atoms with Gasteiger partial charge in [-0.2, -0.15) is 0 Å². The largest absolute Gasteiger partial charge is 0.496 e. The lowest BCUT2D eigenvalue weighted by molar-refractivity contribution is 0.100. The SMILES string of the molecule is COc1cccc(-c2c(N)c(C(N)=O)cc3nccnc23)c1C. The second kappa shape index (κ2) is 5.57. The molecule has 0 unspecified atom stereocenters. The zero-order valence-electron chi connectivity index (χ0n) is 12.8. The fraction of sp³-hybridized carbons (Fsp3) is 0.118. The van der Waals surface area contributed by atoms with E-state index in [4.69, 9.17) is 16.2 Å². The number of rotatable bonds is 3. The maximum atomic E-state index is 11.7. The van der Waals surface area contributed by atoms with Crippen LogP contribution in [0.15, 0.2) is 36.7 Å². The molecule has 4 N–H and O–H groups in total. The van der Waals surface area contributed by atoms with E-state index in [9.17, 15) is 4.79 Å². The Bertz CT molecular complexity index is 922. The maximum absolute atomic E-state index is 11.7. The summed E-state index contributed by atoms with van der Waals surface area (Å²) in [6, 6.07) is 7.20. The third-order valence-corrected chi connectivity index (χ3v) is 3.84. The summed E-state index contributed by atoms with van der Waals surface area (Å²) in [5.74, 6) is 0.125. The van der Waals surface area contributed by atoms with Gasteiger partial charge < -0.3 is 16.2 Å². The molecule has 6 nitrogen and oxygen atoms in total. The van der Waals surface area contributed by atoms with Crippen molar-refractivity contribution in [2.45, 2.75) is 6.92 Å². The number of hydrogen-bond donors (Lipinski definition) is 2. The number of primary amides is 1. The molecular weight excluding hydrogens is 292 g/mol. The number of aromatic nitrogens is 2. The number of carbonyl (C=O) groups excluding carboxylic acids is 1. The lowest BCUT2D eigenvalue weighted by atomic mass is 9.94. The Balaban J connectivity index is 2.45. The molecular formula is C17H16N4O2. The average Bonchev–Trinajstić information content (AvgIpc) is 2.55. The number of nitrogens with two attached hydrogens (primary N) is 2. The second-order valence-corrected chi connectivity index (χ2v) is 5.13. The minimum Gasteiger partial charge on any atom is -0.496 e. The van der Waals surface area contributed by atoms with Gasteiger partial charge in [0.05, 0.1) is 29.4 Å². The summed E-state index contributed by atoms with van der Waals surface area (Å²) >= 11 is 0. The standard InChI is InChI=1S/C17H16N4O2/c1-9-10(4-3-5-13(9)23-2)14-15(18)11(17(19)22)8-12-16(14)21-7-6-20-12/h3-8H,18H2,1-2H3,(H2,19,22). The third kappa shape index (κ3) is 2.34. The number of ether oxygens (including phenoxy) is 1. The zero-order valence-corrected chi connectivity index (χ0v) is 12.8. The number of nitrogens with zero attached hydrogens (tertiary/aromatic N) is 2. The highest BCUT2D eigenvalue weighted by atomic mass is 16.5. The van der Waals surface area contributed by atoms with Gasteiger partial charge in [0, 0.05) is 18.0 Å². The first-order chi connectivity index (χ1) is 11.0. The summed E-state index contributed by atoms with van der Waals surface area (Å²) < 4.78 is 5.37. The van der Waals surface area contributed by atoms with Crippen LogP contribution in [0.25, 0.3) is 22.2 Å². The molecule has 0 spiro atoms. The summed E-state index contributed by atoms with van der Waals surface area (Å²) in [6.07, 6.45) is 3.15. The van der Waals surface area contributed by atoms with E-state index in [1.165, 1.54) is 0 Å². The van der Waals surface area contributed by atoms with Crippen molar-refractivity contribution < 1.29 is 9.53 Å². The minimum atomic E-state index is -0.600. The van der Waals surface area contributed by atoms with Crippen molar-refractivity contribution in [1.82, 2.24) is 9.97 Å². The molecule has 6 heteroatoms. The molecule has 0 atom stereocenters. The third-order valence-electron chi connectivity index (χ3n) is 3.84. The van der Waals surface area contributed by atoms with Crippen LogP contribution in [0.1, 0.15) is 15.9 Å². The number of anilines is 1. The quantitative estimate of drug-likeness (QED) is 0.722. The maximum Gasteiger partial charge on any atom is 0.250 e. The van der Waals surface area contributed by atoms with Crippen LogP contribution in [0, 0.1) is 6.92 Å². The highest BCUT2D eigenvalue weighted by Crippen LogP contribution is 2.38. The number of carbonyl (C=O) groups is 1. The molecule has 3 aromatic rings. The van der Waals surface area contributed by atoms with E-state index in [1.807, 2.05) is 25.1 Å². The molecule has 0 aliphatic heterocycles. The summed E-state index contributed by atoms with van der Waals surface area (Å²) in [5.41, 5.74) is 15.8. The minimum absolute atomic E-state index is 0.232. The van der Waals surface area contributed by atoms with Gasteiger partial charge in [-0.1, -0.05) is 12.1 Å². The zero-order chi connectivity index (χ0) is 16.6. The van der Waals surface area contributed by atoms with Crippen molar-refractivity contribution in [3.8, 4) is 16.9 Å². The van der Waals surface area contributed by atoms with Crippen LogP contribution in [0.2, 0.25) is 0 Å². The first kappa shape index (κ1) is 14.8. The number of benzene rings is 2. The summed E-state index contributed by atoms with van der Waals surface area (Å²) in [7, 11) is 1.60. The molecule has 0 radical (unpaired) electrons. The predicted molar refractivity (Wildman–Crippen MR) is 89.2 cm³/mol. The Morgan fingerprint density at radius 1 is 1.22 bits per heavy atom. The first-order valence-electron chi connectivity index (χ1n) is 7.01. The van der Waals surface area contributed by atoms with Crippen LogP contribution in [0.4, 0.5) is 5.69 Å². The Morgan fingerprint density at radius 3 is 2.65 bits per heavy atom. The summed E-state index contributed by atoms with van der Waals surface area (Å²) in [4.78, 5) is 20.4. The molecule has 0 aliphatic rings. The van der Waals surface area contributed by atoms with Crippen molar-refractivity contribution in [3.63, 3.8) is 0 Å². The molecule has 116 valence electrons. The first-order valence-corrected chi connectivity index (χ1v) is 7.01. The number of fused-ring (bicyclic) bond motifs is 1. The fourth-order valence-electron chi connectivity index (χ4n) is 2.71. The number of nitrogen functional groups attached to an aromatic ring is 1. The molecule has 2 aromatic carbocycles. The summed E-state index contributed by atoms with van der Waals surface area (Å²) in [6.45, 7) is 1.92. The van der Waals surface area contributed by atoms with Gasteiger partial charge in [0.2, 0.25) is 0 Å². The molecule has 3 rings (SSSR count). The van der Waals surface area contributed by atoms with Crippen LogP contribution in [0.3, 0.4) is 0 Å². The topological polar surface area (TPSA) is 104 Å². The van der Waals surface area contributed by atoms with Gasteiger partial charge in [0.25, 0.3) is 5.91 Å². The monoisotopic (exact) mass is 308 g/mol. The summed E-state index contributed by atoms with van der Waals surface area (Å²) in [5, 5.41) is 0. The molecule has 1 heterocycles. The van der Waals surface area contributed by atoms with Crippen molar-refractivity contribution in [3.05, 3.63) is 47.8 Å². The van der Waals surface area contributed by atoms with Gasteiger partial charge in [-0.25, -0.2) is 0 Å². The second-order valence-electron chi connectivity index (χ2n) is 5.13. The molecule has 0 fully saturated rings. The molecule has 0 bridgehead atoms. The van der Waals surface area contributed by atoms with Gasteiger partial charge in [-0.3, -0.25) is 14.8 Å². The van der Waals surface area contributed by atoms with Crippen molar-refractivity contribution in [1.29, 1.82) is 0 Å². The number of amides is 1. The highest BCUT2D eigenvalue weighted by molar-refractivity contribution is 6.09. The van der Waals surface area contributed by atoms with Gasteiger partial charge in [0.1, 0.15) is 5.75 Å². The van der Waals surface area contributed by atoms with Crippen LogP contribution in [-0.4, -0.2) is 23.0 Å². The smallest absolute Gasteiger partial charge is 0.250 e. The Kier molecular flexibility index (Phi) is 3.57. The van der Waals surface area contributed by atoms with E-state index in [0.717, 1.165) is 16.9 Å². The Morgan fingerprint density at radius 2 is 1.96 bits per heavy atom. The van der Waals surface area contributed by atoms with E-state index >= 15 is 0 Å². The van der Waals surface area contributed by atoms with Crippen molar-refractivity contribution >= 4 is 22.6 Å². The van der Waals surface area contributed by atoms with E-state index in [-0.39, 0.29) is 5.56 Å². The highest BCUT2D eigenvalue weighted by Gasteiger charge is 2.19. The van der Waals surface area contributed by atoms with Crippen LogP contribution < -0.4 is 16.2 Å².